The zero-order valence-electron chi connectivity index (χ0n) is 20.2. The topological polar surface area (TPSA) is 204 Å². The molecule has 1 aromatic carbocycles. The van der Waals surface area contributed by atoms with E-state index in [0.29, 0.717) is 6.42 Å². The van der Waals surface area contributed by atoms with Gasteiger partial charge >= 0.3 is 11.9 Å². The lowest BCUT2D eigenvalue weighted by Gasteiger charge is -2.22. The summed E-state index contributed by atoms with van der Waals surface area (Å²) in [5.74, 6) is -4.85. The SMILES string of the molecule is CCC(C)C(NC(=O)CNC(=O)C(CCC(=O)O)NC(=O)C(N)Cc1c[nH]c2ccccc12)C(=O)O. The van der Waals surface area contributed by atoms with E-state index >= 15 is 0 Å². The lowest BCUT2D eigenvalue weighted by atomic mass is 9.99. The molecule has 0 saturated heterocycles. The molecule has 12 nitrogen and oxygen atoms in total. The highest BCUT2D eigenvalue weighted by Gasteiger charge is 2.28. The molecule has 0 radical (unpaired) electrons. The Hall–Kier alpha value is -3.93. The number of carboxylic acids is 2. The van der Waals surface area contributed by atoms with Gasteiger partial charge in [0.05, 0.1) is 12.6 Å². The van der Waals surface area contributed by atoms with Crippen LogP contribution >= 0.6 is 0 Å². The standard InChI is InChI=1S/C24H33N5O7/c1-3-13(2)21(24(35)36)29-19(30)12-27-23(34)18(8-9-20(31)32)28-22(33)16(25)10-14-11-26-17-7-5-4-6-15(14)17/h4-7,11,13,16,18,21,26H,3,8-10,12,25H2,1-2H3,(H,27,34)(H,28,33)(H,29,30)(H,31,32)(H,35,36). The normalized spacial score (nSPS) is 14.3. The summed E-state index contributed by atoms with van der Waals surface area (Å²) in [7, 11) is 0. The van der Waals surface area contributed by atoms with Crippen molar-refractivity contribution in [2.45, 2.75) is 57.7 Å². The number of para-hydroxylation sites is 1. The Bertz CT molecular complexity index is 1100. The molecule has 2 rings (SSSR count). The molecule has 36 heavy (non-hydrogen) atoms. The van der Waals surface area contributed by atoms with Crippen LogP contribution in [-0.2, 0) is 30.4 Å². The van der Waals surface area contributed by atoms with Crippen LogP contribution in [0.5, 0.6) is 0 Å². The van der Waals surface area contributed by atoms with E-state index in [2.05, 4.69) is 20.9 Å². The highest BCUT2D eigenvalue weighted by Crippen LogP contribution is 2.18. The maximum atomic E-state index is 12.7. The van der Waals surface area contributed by atoms with Gasteiger partial charge < -0.3 is 36.9 Å². The minimum Gasteiger partial charge on any atom is -0.481 e. The number of amides is 3. The molecule has 0 aliphatic rings. The van der Waals surface area contributed by atoms with E-state index in [1.807, 2.05) is 24.3 Å². The van der Waals surface area contributed by atoms with E-state index in [4.69, 9.17) is 10.8 Å². The summed E-state index contributed by atoms with van der Waals surface area (Å²) in [5.41, 5.74) is 7.75. The Morgan fingerprint density at radius 2 is 1.75 bits per heavy atom. The van der Waals surface area contributed by atoms with Crippen molar-refractivity contribution in [2.75, 3.05) is 6.54 Å². The first-order chi connectivity index (χ1) is 17.0. The summed E-state index contributed by atoms with van der Waals surface area (Å²) < 4.78 is 0. The maximum absolute atomic E-state index is 12.7. The number of aromatic amines is 1. The molecule has 0 spiro atoms. The molecule has 4 unspecified atom stereocenters. The second kappa shape index (κ2) is 13.2. The molecule has 1 aromatic heterocycles. The molecule has 2 aromatic rings. The first kappa shape index (κ1) is 28.3. The van der Waals surface area contributed by atoms with Crippen LogP contribution in [0.2, 0.25) is 0 Å². The number of hydrogen-bond acceptors (Lipinski definition) is 6. The van der Waals surface area contributed by atoms with Crippen molar-refractivity contribution in [3.63, 3.8) is 0 Å². The molecule has 3 amide bonds. The van der Waals surface area contributed by atoms with Gasteiger partial charge in [-0.3, -0.25) is 19.2 Å². The van der Waals surface area contributed by atoms with Crippen molar-refractivity contribution >= 4 is 40.6 Å². The van der Waals surface area contributed by atoms with E-state index in [9.17, 15) is 29.1 Å². The van der Waals surface area contributed by atoms with Crippen LogP contribution in [0.1, 0.15) is 38.7 Å². The third-order valence-corrected chi connectivity index (χ3v) is 5.95. The minimum absolute atomic E-state index is 0.178. The first-order valence-corrected chi connectivity index (χ1v) is 11.7. The number of hydrogen-bond donors (Lipinski definition) is 7. The van der Waals surface area contributed by atoms with E-state index < -0.39 is 60.8 Å². The summed E-state index contributed by atoms with van der Waals surface area (Å²) in [6.07, 6.45) is 1.81. The van der Waals surface area contributed by atoms with Gasteiger partial charge in [-0.1, -0.05) is 38.5 Å². The average Bonchev–Trinajstić information content (AvgIpc) is 3.25. The average molecular weight is 504 g/mol. The maximum Gasteiger partial charge on any atom is 0.326 e. The molecule has 0 fully saturated rings. The highest BCUT2D eigenvalue weighted by molar-refractivity contribution is 5.93. The van der Waals surface area contributed by atoms with Crippen LogP contribution in [0.3, 0.4) is 0 Å². The van der Waals surface area contributed by atoms with Gasteiger partial charge in [-0.05, 0) is 30.4 Å². The van der Waals surface area contributed by atoms with E-state index in [1.54, 1.807) is 20.0 Å². The van der Waals surface area contributed by atoms with E-state index in [0.717, 1.165) is 16.5 Å². The second-order valence-electron chi connectivity index (χ2n) is 8.65. The third-order valence-electron chi connectivity index (χ3n) is 5.95. The number of H-pyrrole nitrogens is 1. The molecular formula is C24H33N5O7. The van der Waals surface area contributed by atoms with E-state index in [1.165, 1.54) is 0 Å². The Kier molecular flexibility index (Phi) is 10.4. The Morgan fingerprint density at radius 3 is 2.39 bits per heavy atom. The molecule has 196 valence electrons. The van der Waals surface area contributed by atoms with Gasteiger partial charge in [0.15, 0.2) is 0 Å². The van der Waals surface area contributed by atoms with Crippen molar-refractivity contribution in [3.05, 3.63) is 36.0 Å². The molecule has 0 aliphatic carbocycles. The lowest BCUT2D eigenvalue weighted by Crippen LogP contribution is -2.54. The third kappa shape index (κ3) is 8.08. The van der Waals surface area contributed by atoms with Crippen LogP contribution in [0, 0.1) is 5.92 Å². The fourth-order valence-electron chi connectivity index (χ4n) is 3.64. The number of benzene rings is 1. The van der Waals surface area contributed by atoms with Gasteiger partial charge in [-0.2, -0.15) is 0 Å². The van der Waals surface area contributed by atoms with Gasteiger partial charge in [-0.25, -0.2) is 4.79 Å². The predicted molar refractivity (Wildman–Crippen MR) is 131 cm³/mol. The van der Waals surface area contributed by atoms with Crippen LogP contribution in [-0.4, -0.2) is 69.5 Å². The monoisotopic (exact) mass is 503 g/mol. The number of carboxylic acid groups (broad SMARTS) is 2. The number of rotatable bonds is 14. The van der Waals surface area contributed by atoms with Crippen LogP contribution in [0.4, 0.5) is 0 Å². The molecule has 0 bridgehead atoms. The fraction of sp³-hybridized carbons (Fsp3) is 0.458. The molecule has 12 heteroatoms. The summed E-state index contributed by atoms with van der Waals surface area (Å²) in [5, 5.41) is 26.4. The summed E-state index contributed by atoms with van der Waals surface area (Å²) >= 11 is 0. The zero-order chi connectivity index (χ0) is 26.8. The van der Waals surface area contributed by atoms with Gasteiger partial charge in [0, 0.05) is 23.5 Å². The largest absolute Gasteiger partial charge is 0.481 e. The van der Waals surface area contributed by atoms with E-state index in [-0.39, 0.29) is 18.8 Å². The second-order valence-corrected chi connectivity index (χ2v) is 8.65. The minimum atomic E-state index is -1.25. The molecule has 4 atom stereocenters. The molecule has 0 saturated carbocycles. The lowest BCUT2D eigenvalue weighted by molar-refractivity contribution is -0.143. The Labute approximate surface area is 208 Å². The van der Waals surface area contributed by atoms with Crippen molar-refractivity contribution in [3.8, 4) is 0 Å². The highest BCUT2D eigenvalue weighted by atomic mass is 16.4. The van der Waals surface area contributed by atoms with Gasteiger partial charge in [0.25, 0.3) is 0 Å². The van der Waals surface area contributed by atoms with Gasteiger partial charge in [0.2, 0.25) is 17.7 Å². The number of nitrogens with one attached hydrogen (secondary N) is 4. The predicted octanol–water partition coefficient (Wildman–Crippen LogP) is 0.119. The smallest absolute Gasteiger partial charge is 0.326 e. The Morgan fingerprint density at radius 1 is 1.06 bits per heavy atom. The number of carbonyl (C=O) groups excluding carboxylic acids is 3. The van der Waals surface area contributed by atoms with Crippen molar-refractivity contribution < 1.29 is 34.2 Å². The van der Waals surface area contributed by atoms with Gasteiger partial charge in [-0.15, -0.1) is 0 Å². The van der Waals surface area contributed by atoms with Crippen molar-refractivity contribution in [1.82, 2.24) is 20.9 Å². The quantitative estimate of drug-likeness (QED) is 0.188. The zero-order valence-corrected chi connectivity index (χ0v) is 20.2. The number of carbonyl (C=O) groups is 5. The first-order valence-electron chi connectivity index (χ1n) is 11.7. The Balaban J connectivity index is 1.99. The van der Waals surface area contributed by atoms with Crippen molar-refractivity contribution in [2.24, 2.45) is 11.7 Å². The number of aromatic nitrogens is 1. The molecule has 0 aliphatic heterocycles. The van der Waals surface area contributed by atoms with Crippen LogP contribution < -0.4 is 21.7 Å². The number of fused-ring (bicyclic) bond motifs is 1. The summed E-state index contributed by atoms with van der Waals surface area (Å²) in [6, 6.07) is 4.11. The number of aliphatic carboxylic acids is 2. The van der Waals surface area contributed by atoms with Gasteiger partial charge in [0.1, 0.15) is 12.1 Å². The summed E-state index contributed by atoms with van der Waals surface area (Å²) in [4.78, 5) is 63.1. The summed E-state index contributed by atoms with van der Waals surface area (Å²) in [6.45, 7) is 2.92. The van der Waals surface area contributed by atoms with Crippen LogP contribution in [0.25, 0.3) is 10.9 Å². The molecule has 8 N–H and O–H groups in total. The fourth-order valence-corrected chi connectivity index (χ4v) is 3.64. The molecule has 1 heterocycles. The number of nitrogens with two attached hydrogens (primary N) is 1. The molecular weight excluding hydrogens is 470 g/mol. The van der Waals surface area contributed by atoms with Crippen molar-refractivity contribution in [1.29, 1.82) is 0 Å². The van der Waals surface area contributed by atoms with Crippen LogP contribution in [0.15, 0.2) is 30.5 Å².